The Morgan fingerprint density at radius 3 is 2.70 bits per heavy atom. The van der Waals surface area contributed by atoms with Gasteiger partial charge in [-0.05, 0) is 67.5 Å². The molecule has 2 unspecified atom stereocenters. The van der Waals surface area contributed by atoms with Crippen LogP contribution in [0, 0.1) is 17.2 Å². The molecule has 3 aliphatic rings. The molecule has 33 heavy (non-hydrogen) atoms. The van der Waals surface area contributed by atoms with E-state index in [1.165, 1.54) is 12.1 Å². The van der Waals surface area contributed by atoms with Crippen LogP contribution in [0.4, 0.5) is 10.1 Å². The molecule has 2 aromatic rings. The van der Waals surface area contributed by atoms with Crippen molar-refractivity contribution in [3.8, 4) is 5.75 Å². The summed E-state index contributed by atoms with van der Waals surface area (Å²) in [4.78, 5) is 27.9. The molecule has 1 saturated heterocycles. The quantitative estimate of drug-likeness (QED) is 0.664. The van der Waals surface area contributed by atoms with Gasteiger partial charge < -0.3 is 19.7 Å². The molecule has 0 bridgehead atoms. The summed E-state index contributed by atoms with van der Waals surface area (Å²) in [5.74, 6) is 0.624. The maximum atomic E-state index is 13.6. The van der Waals surface area contributed by atoms with Gasteiger partial charge in [-0.2, -0.15) is 0 Å². The van der Waals surface area contributed by atoms with Crippen molar-refractivity contribution < 1.29 is 23.5 Å². The van der Waals surface area contributed by atoms with E-state index in [9.17, 15) is 14.0 Å². The number of rotatable bonds is 8. The lowest BCUT2D eigenvalue weighted by molar-refractivity contribution is -0.128. The van der Waals surface area contributed by atoms with Gasteiger partial charge in [-0.3, -0.25) is 9.59 Å². The third-order valence-corrected chi connectivity index (χ3v) is 7.18. The molecule has 6 nitrogen and oxygen atoms in total. The Morgan fingerprint density at radius 2 is 1.91 bits per heavy atom. The summed E-state index contributed by atoms with van der Waals surface area (Å²) in [6.45, 7) is 2.39. The van der Waals surface area contributed by atoms with Crippen LogP contribution in [0.25, 0.3) is 0 Å². The molecule has 174 valence electrons. The van der Waals surface area contributed by atoms with E-state index in [-0.39, 0.29) is 36.7 Å². The van der Waals surface area contributed by atoms with Gasteiger partial charge in [-0.15, -0.1) is 0 Å². The van der Waals surface area contributed by atoms with Crippen LogP contribution in [-0.2, 0) is 14.3 Å². The van der Waals surface area contributed by atoms with Gasteiger partial charge >= 0.3 is 0 Å². The first kappa shape index (κ1) is 21.9. The highest BCUT2D eigenvalue weighted by molar-refractivity contribution is 6.07. The molecule has 1 aliphatic carbocycles. The van der Waals surface area contributed by atoms with E-state index in [1.807, 2.05) is 24.3 Å². The van der Waals surface area contributed by atoms with Crippen LogP contribution in [0.5, 0.6) is 5.75 Å². The summed E-state index contributed by atoms with van der Waals surface area (Å²) < 4.78 is 24.5. The average molecular weight is 453 g/mol. The predicted octanol–water partition coefficient (Wildman–Crippen LogP) is 3.66. The van der Waals surface area contributed by atoms with Gasteiger partial charge in [0.2, 0.25) is 11.8 Å². The number of carbonyl (C=O) groups is 2. The minimum absolute atomic E-state index is 0.00531. The fourth-order valence-electron chi connectivity index (χ4n) is 5.13. The number of hydrogen-bond acceptors (Lipinski definition) is 4. The maximum absolute atomic E-state index is 13.6. The summed E-state index contributed by atoms with van der Waals surface area (Å²) in [5, 5.41) is 2.99. The number of benzene rings is 2. The molecule has 2 fully saturated rings. The first-order valence-corrected chi connectivity index (χ1v) is 11.7. The Labute approximate surface area is 193 Å². The van der Waals surface area contributed by atoms with Gasteiger partial charge in [0.1, 0.15) is 24.7 Å². The molecule has 2 aromatic carbocycles. The Kier molecular flexibility index (Phi) is 6.06. The summed E-state index contributed by atoms with van der Waals surface area (Å²) in [6, 6.07) is 13.6. The number of amides is 2. The summed E-state index contributed by atoms with van der Waals surface area (Å²) in [6.07, 6.45) is 3.68. The first-order valence-electron chi connectivity index (χ1n) is 11.7. The molecule has 2 atom stereocenters. The third-order valence-electron chi connectivity index (χ3n) is 7.18. The van der Waals surface area contributed by atoms with Crippen LogP contribution in [0.15, 0.2) is 48.5 Å². The van der Waals surface area contributed by atoms with Crippen molar-refractivity contribution in [1.29, 1.82) is 0 Å². The van der Waals surface area contributed by atoms with Crippen molar-refractivity contribution in [1.82, 2.24) is 5.32 Å². The van der Waals surface area contributed by atoms with Crippen molar-refractivity contribution in [2.45, 2.75) is 31.6 Å². The molecule has 1 saturated carbocycles. The van der Waals surface area contributed by atoms with E-state index in [4.69, 9.17) is 9.47 Å². The number of carbonyl (C=O) groups excluding carboxylic acids is 2. The van der Waals surface area contributed by atoms with Crippen LogP contribution >= 0.6 is 0 Å². The second-order valence-corrected chi connectivity index (χ2v) is 9.30. The van der Waals surface area contributed by atoms with Gasteiger partial charge in [-0.1, -0.05) is 18.2 Å². The van der Waals surface area contributed by atoms with Crippen LogP contribution in [0.3, 0.4) is 0 Å². The van der Waals surface area contributed by atoms with Crippen molar-refractivity contribution in [2.75, 3.05) is 37.8 Å². The molecule has 2 amide bonds. The fraction of sp³-hybridized carbons (Fsp3) is 0.462. The molecule has 7 heteroatoms. The lowest BCUT2D eigenvalue weighted by atomic mass is 9.92. The SMILES string of the molecule is O=C(CN1C(=O)C2(COc3ccc(F)cc3)CC2c2ccccc21)NCCC1CCOCC1. The fourth-order valence-corrected chi connectivity index (χ4v) is 5.13. The van der Waals surface area contributed by atoms with Crippen LogP contribution in [0.1, 0.15) is 37.2 Å². The normalized spacial score (nSPS) is 24.1. The van der Waals surface area contributed by atoms with Crippen molar-refractivity contribution in [3.63, 3.8) is 0 Å². The Balaban J connectivity index is 1.25. The Bertz CT molecular complexity index is 1020. The van der Waals surface area contributed by atoms with E-state index >= 15 is 0 Å². The first-order chi connectivity index (χ1) is 16.1. The number of hydrogen-bond donors (Lipinski definition) is 1. The lowest BCUT2D eigenvalue weighted by Gasteiger charge is -2.33. The minimum Gasteiger partial charge on any atom is -0.492 e. The van der Waals surface area contributed by atoms with Crippen molar-refractivity contribution in [3.05, 3.63) is 59.9 Å². The van der Waals surface area contributed by atoms with Crippen LogP contribution in [-0.4, -0.2) is 44.7 Å². The Morgan fingerprint density at radius 1 is 1.15 bits per heavy atom. The molecule has 0 radical (unpaired) electrons. The van der Waals surface area contributed by atoms with Gasteiger partial charge in [0.15, 0.2) is 0 Å². The molecule has 2 aliphatic heterocycles. The molecule has 0 spiro atoms. The van der Waals surface area contributed by atoms with E-state index in [2.05, 4.69) is 5.32 Å². The number of halogens is 1. The summed E-state index contributed by atoms with van der Waals surface area (Å²) in [5.41, 5.74) is 1.21. The lowest BCUT2D eigenvalue weighted by Crippen LogP contribution is -2.48. The predicted molar refractivity (Wildman–Crippen MR) is 122 cm³/mol. The summed E-state index contributed by atoms with van der Waals surface area (Å²) >= 11 is 0. The monoisotopic (exact) mass is 452 g/mol. The zero-order valence-electron chi connectivity index (χ0n) is 18.6. The van der Waals surface area contributed by atoms with Gasteiger partial charge in [-0.25, -0.2) is 4.39 Å². The number of anilines is 1. The smallest absolute Gasteiger partial charge is 0.240 e. The molecular formula is C26H29FN2O4. The number of nitrogens with zero attached hydrogens (tertiary/aromatic N) is 1. The van der Waals surface area contributed by atoms with E-state index in [0.717, 1.165) is 43.7 Å². The van der Waals surface area contributed by atoms with Gasteiger partial charge in [0, 0.05) is 31.4 Å². The molecule has 5 rings (SSSR count). The highest BCUT2D eigenvalue weighted by Gasteiger charge is 2.66. The average Bonchev–Trinajstić information content (AvgIpc) is 3.59. The Hall–Kier alpha value is -2.93. The van der Waals surface area contributed by atoms with E-state index in [1.54, 1.807) is 17.0 Å². The summed E-state index contributed by atoms with van der Waals surface area (Å²) in [7, 11) is 0. The van der Waals surface area contributed by atoms with Crippen molar-refractivity contribution >= 4 is 17.5 Å². The number of para-hydroxylation sites is 1. The van der Waals surface area contributed by atoms with Gasteiger partial charge in [0.05, 0.1) is 5.41 Å². The molecule has 2 heterocycles. The maximum Gasteiger partial charge on any atom is 0.240 e. The zero-order valence-corrected chi connectivity index (χ0v) is 18.6. The number of ether oxygens (including phenoxy) is 2. The largest absolute Gasteiger partial charge is 0.492 e. The molecule has 0 aromatic heterocycles. The second-order valence-electron chi connectivity index (χ2n) is 9.30. The number of fused-ring (bicyclic) bond motifs is 3. The van der Waals surface area contributed by atoms with Gasteiger partial charge in [0.25, 0.3) is 0 Å². The van der Waals surface area contributed by atoms with Crippen LogP contribution < -0.4 is 15.0 Å². The highest BCUT2D eigenvalue weighted by atomic mass is 19.1. The third kappa shape index (κ3) is 4.47. The molecular weight excluding hydrogens is 423 g/mol. The van der Waals surface area contributed by atoms with E-state index < -0.39 is 5.41 Å². The zero-order chi connectivity index (χ0) is 22.8. The second kappa shape index (κ2) is 9.14. The van der Waals surface area contributed by atoms with Crippen molar-refractivity contribution in [2.24, 2.45) is 11.3 Å². The van der Waals surface area contributed by atoms with Crippen LogP contribution in [0.2, 0.25) is 0 Å². The van der Waals surface area contributed by atoms with E-state index in [0.29, 0.717) is 24.6 Å². The standard InChI is InChI=1S/C26H29FN2O4/c27-19-5-7-20(8-6-19)33-17-26-15-22(26)21-3-1-2-4-23(21)29(25(26)31)16-24(30)28-12-9-18-10-13-32-14-11-18/h1-8,18,22H,9-17H2,(H,28,30). The molecule has 1 N–H and O–H groups in total. The minimum atomic E-state index is -0.675. The number of nitrogens with one attached hydrogen (secondary N) is 1. The highest BCUT2D eigenvalue weighted by Crippen LogP contribution is 2.65. The topological polar surface area (TPSA) is 67.9 Å².